The van der Waals surface area contributed by atoms with E-state index in [1.54, 1.807) is 0 Å². The average molecular weight is 468 g/mol. The lowest BCUT2D eigenvalue weighted by Crippen LogP contribution is -2.38. The zero-order valence-electron chi connectivity index (χ0n) is 11.6. The summed E-state index contributed by atoms with van der Waals surface area (Å²) >= 11 is 3.48. The normalized spacial score (nSPS) is 17.7. The average Bonchev–Trinajstić information content (AvgIpc) is 3.07. The molecule has 0 saturated heterocycles. The van der Waals surface area contributed by atoms with Gasteiger partial charge in [-0.15, -0.1) is 24.0 Å². The zero-order valence-corrected chi connectivity index (χ0v) is 15.5. The quantitative estimate of drug-likeness (QED) is 0.407. The Morgan fingerprint density at radius 3 is 2.86 bits per heavy atom. The van der Waals surface area contributed by atoms with Gasteiger partial charge in [-0.3, -0.25) is 0 Å². The largest absolute Gasteiger partial charge is 0.454 e. The molecule has 1 aromatic carbocycles. The molecule has 1 aliphatic heterocycles. The molecule has 1 aliphatic carbocycles. The summed E-state index contributed by atoms with van der Waals surface area (Å²) in [5.74, 6) is 2.03. The van der Waals surface area contributed by atoms with E-state index >= 15 is 0 Å². The van der Waals surface area contributed by atoms with Crippen molar-refractivity contribution >= 4 is 45.9 Å². The number of ether oxygens (including phenoxy) is 2. The highest BCUT2D eigenvalue weighted by Crippen LogP contribution is 2.40. The van der Waals surface area contributed by atoms with Crippen molar-refractivity contribution in [3.63, 3.8) is 0 Å². The summed E-state index contributed by atoms with van der Waals surface area (Å²) in [6.45, 7) is 0.798. The first-order chi connectivity index (χ1) is 9.72. The lowest BCUT2D eigenvalue weighted by molar-refractivity contribution is 0.173. The first-order valence-corrected chi connectivity index (χ1v) is 7.66. The summed E-state index contributed by atoms with van der Waals surface area (Å²) in [7, 11) is 0. The summed E-state index contributed by atoms with van der Waals surface area (Å²) in [5, 5.41) is 3.28. The van der Waals surface area contributed by atoms with Gasteiger partial charge in [0.25, 0.3) is 0 Å². The van der Waals surface area contributed by atoms with Crippen molar-refractivity contribution in [1.82, 2.24) is 5.32 Å². The van der Waals surface area contributed by atoms with E-state index in [1.807, 2.05) is 12.1 Å². The highest BCUT2D eigenvalue weighted by molar-refractivity contribution is 14.0. The van der Waals surface area contributed by atoms with Gasteiger partial charge < -0.3 is 20.5 Å². The number of aliphatic imine (C=N–C) groups is 1. The van der Waals surface area contributed by atoms with E-state index in [2.05, 4.69) is 26.2 Å². The minimum Gasteiger partial charge on any atom is -0.454 e. The topological polar surface area (TPSA) is 68.9 Å². The van der Waals surface area contributed by atoms with E-state index in [0.29, 0.717) is 18.5 Å². The molecule has 1 saturated carbocycles. The lowest BCUT2D eigenvalue weighted by Gasteiger charge is -2.12. The molecule has 0 spiro atoms. The predicted molar refractivity (Wildman–Crippen MR) is 96.4 cm³/mol. The fraction of sp³-hybridized carbons (Fsp3) is 0.500. The van der Waals surface area contributed by atoms with Crippen molar-refractivity contribution in [2.45, 2.75) is 38.3 Å². The molecule has 0 radical (unpaired) electrons. The van der Waals surface area contributed by atoms with Crippen LogP contribution in [0.2, 0.25) is 0 Å². The van der Waals surface area contributed by atoms with Crippen LogP contribution in [0, 0.1) is 0 Å². The number of halogens is 2. The van der Waals surface area contributed by atoms with Gasteiger partial charge in [0.05, 0.1) is 11.0 Å². The number of nitrogens with two attached hydrogens (primary N) is 1. The second-order valence-electron chi connectivity index (χ2n) is 5.14. The van der Waals surface area contributed by atoms with Gasteiger partial charge in [0.15, 0.2) is 17.5 Å². The summed E-state index contributed by atoms with van der Waals surface area (Å²) in [4.78, 5) is 4.39. The van der Waals surface area contributed by atoms with Crippen molar-refractivity contribution in [1.29, 1.82) is 0 Å². The maximum atomic E-state index is 5.92. The first kappa shape index (κ1) is 16.7. The van der Waals surface area contributed by atoms with Gasteiger partial charge in [0, 0.05) is 6.04 Å². The van der Waals surface area contributed by atoms with Gasteiger partial charge in [-0.2, -0.15) is 0 Å². The SMILES string of the molecule is I.NC(=NCc1cc(Br)c2c(c1)OCO2)NC1CCCC1. The van der Waals surface area contributed by atoms with E-state index < -0.39 is 0 Å². The number of hydrogen-bond acceptors (Lipinski definition) is 3. The van der Waals surface area contributed by atoms with Crippen LogP contribution in [-0.2, 0) is 6.54 Å². The molecular formula is C14H19BrIN3O2. The Kier molecular flexibility index (Phi) is 5.98. The molecule has 1 heterocycles. The molecule has 7 heteroatoms. The van der Waals surface area contributed by atoms with Crippen LogP contribution in [0.25, 0.3) is 0 Å². The van der Waals surface area contributed by atoms with Crippen molar-refractivity contribution in [3.05, 3.63) is 22.2 Å². The van der Waals surface area contributed by atoms with Gasteiger partial charge in [-0.1, -0.05) is 12.8 Å². The Hall–Kier alpha value is -0.700. The fourth-order valence-corrected chi connectivity index (χ4v) is 3.22. The summed E-state index contributed by atoms with van der Waals surface area (Å²) < 4.78 is 11.6. The predicted octanol–water partition coefficient (Wildman–Crippen LogP) is 3.14. The van der Waals surface area contributed by atoms with Crippen LogP contribution in [0.1, 0.15) is 31.2 Å². The minimum absolute atomic E-state index is 0. The Morgan fingerprint density at radius 1 is 1.33 bits per heavy atom. The molecule has 21 heavy (non-hydrogen) atoms. The zero-order chi connectivity index (χ0) is 13.9. The van der Waals surface area contributed by atoms with Gasteiger partial charge in [0.2, 0.25) is 6.79 Å². The number of nitrogens with one attached hydrogen (secondary N) is 1. The Bertz CT molecular complexity index is 533. The molecule has 0 atom stereocenters. The van der Waals surface area contributed by atoms with Crippen LogP contribution in [0.4, 0.5) is 0 Å². The third kappa shape index (κ3) is 4.15. The molecule has 0 aromatic heterocycles. The summed E-state index contributed by atoms with van der Waals surface area (Å²) in [6, 6.07) is 4.42. The second-order valence-corrected chi connectivity index (χ2v) is 5.99. The molecule has 3 rings (SSSR count). The van der Waals surface area contributed by atoms with Crippen LogP contribution in [0.15, 0.2) is 21.6 Å². The molecule has 3 N–H and O–H groups in total. The highest BCUT2D eigenvalue weighted by Gasteiger charge is 2.18. The van der Waals surface area contributed by atoms with Gasteiger partial charge in [0.1, 0.15) is 0 Å². The molecule has 0 bridgehead atoms. The van der Waals surface area contributed by atoms with Gasteiger partial charge in [-0.05, 0) is 46.5 Å². The molecule has 1 aromatic rings. The number of benzene rings is 1. The van der Waals surface area contributed by atoms with E-state index in [0.717, 1.165) is 21.5 Å². The number of hydrogen-bond donors (Lipinski definition) is 2. The maximum Gasteiger partial charge on any atom is 0.231 e. The Labute approximate surface area is 149 Å². The Morgan fingerprint density at radius 2 is 2.10 bits per heavy atom. The molecular weight excluding hydrogens is 449 g/mol. The third-order valence-electron chi connectivity index (χ3n) is 3.63. The number of fused-ring (bicyclic) bond motifs is 1. The van der Waals surface area contributed by atoms with Crippen molar-refractivity contribution in [2.75, 3.05) is 6.79 Å². The molecule has 1 fully saturated rings. The van der Waals surface area contributed by atoms with Gasteiger partial charge in [-0.25, -0.2) is 4.99 Å². The minimum atomic E-state index is 0. The van der Waals surface area contributed by atoms with Crippen molar-refractivity contribution < 1.29 is 9.47 Å². The van der Waals surface area contributed by atoms with Crippen LogP contribution in [0.3, 0.4) is 0 Å². The van der Waals surface area contributed by atoms with Crippen LogP contribution in [0.5, 0.6) is 11.5 Å². The van der Waals surface area contributed by atoms with E-state index in [1.165, 1.54) is 25.7 Å². The van der Waals surface area contributed by atoms with Crippen LogP contribution >= 0.6 is 39.9 Å². The maximum absolute atomic E-state index is 5.92. The summed E-state index contributed by atoms with van der Waals surface area (Å²) in [6.07, 6.45) is 4.93. The monoisotopic (exact) mass is 467 g/mol. The van der Waals surface area contributed by atoms with E-state index in [9.17, 15) is 0 Å². The fourth-order valence-electron chi connectivity index (χ4n) is 2.61. The smallest absolute Gasteiger partial charge is 0.231 e. The second kappa shape index (κ2) is 7.53. The van der Waals surface area contributed by atoms with Crippen LogP contribution in [-0.4, -0.2) is 18.8 Å². The van der Waals surface area contributed by atoms with Crippen LogP contribution < -0.4 is 20.5 Å². The van der Waals surface area contributed by atoms with E-state index in [-0.39, 0.29) is 30.8 Å². The number of rotatable bonds is 3. The molecule has 2 aliphatic rings. The number of nitrogens with zero attached hydrogens (tertiary/aromatic N) is 1. The van der Waals surface area contributed by atoms with Gasteiger partial charge >= 0.3 is 0 Å². The van der Waals surface area contributed by atoms with Crippen molar-refractivity contribution in [2.24, 2.45) is 10.7 Å². The highest BCUT2D eigenvalue weighted by atomic mass is 127. The first-order valence-electron chi connectivity index (χ1n) is 6.87. The summed E-state index contributed by atoms with van der Waals surface area (Å²) in [5.41, 5.74) is 6.96. The standard InChI is InChI=1S/C14H18BrN3O2.HI/c15-11-5-9(6-12-13(11)20-8-19-12)7-17-14(16)18-10-3-1-2-4-10;/h5-6,10H,1-4,7-8H2,(H3,16,17,18);1H. The number of guanidine groups is 1. The molecule has 0 unspecified atom stereocenters. The van der Waals surface area contributed by atoms with E-state index in [4.69, 9.17) is 15.2 Å². The molecule has 5 nitrogen and oxygen atoms in total. The lowest BCUT2D eigenvalue weighted by atomic mass is 10.2. The third-order valence-corrected chi connectivity index (χ3v) is 4.22. The molecule has 0 amide bonds. The molecule has 116 valence electrons. The Balaban J connectivity index is 0.00000161. The van der Waals surface area contributed by atoms with Crippen molar-refractivity contribution in [3.8, 4) is 11.5 Å².